The van der Waals surface area contributed by atoms with Crippen LogP contribution in [0.25, 0.3) is 10.9 Å². The topological polar surface area (TPSA) is 53.1 Å². The molecule has 31 heavy (non-hydrogen) atoms. The van der Waals surface area contributed by atoms with E-state index in [1.165, 1.54) is 0 Å². The van der Waals surface area contributed by atoms with Crippen LogP contribution in [-0.4, -0.2) is 36.1 Å². The molecule has 2 N–H and O–H groups in total. The van der Waals surface area contributed by atoms with Crippen molar-refractivity contribution in [2.24, 2.45) is 0 Å². The van der Waals surface area contributed by atoms with Crippen LogP contribution in [0.5, 0.6) is 0 Å². The third-order valence-electron chi connectivity index (χ3n) is 5.66. The van der Waals surface area contributed by atoms with Crippen molar-refractivity contribution in [2.45, 2.75) is 51.7 Å². The zero-order valence-electron chi connectivity index (χ0n) is 17.3. The molecule has 1 aliphatic rings. The number of hydrogen-bond donors (Lipinski definition) is 2. The molecule has 1 heterocycles. The summed E-state index contributed by atoms with van der Waals surface area (Å²) < 4.78 is 15.0. The summed E-state index contributed by atoms with van der Waals surface area (Å²) in [5, 5.41) is 8.12. The monoisotopic (exact) mass is 535 g/mol. The number of hydrogen-bond acceptors (Lipinski definition) is 5. The van der Waals surface area contributed by atoms with Gasteiger partial charge in [-0.2, -0.15) is 4.98 Å². The zero-order valence-corrected chi connectivity index (χ0v) is 19.5. The van der Waals surface area contributed by atoms with E-state index in [0.717, 1.165) is 51.5 Å². The van der Waals surface area contributed by atoms with Crippen molar-refractivity contribution in [1.82, 2.24) is 15.3 Å². The zero-order chi connectivity index (χ0) is 21.1. The van der Waals surface area contributed by atoms with Crippen LogP contribution in [0.15, 0.2) is 42.5 Å². The van der Waals surface area contributed by atoms with E-state index in [9.17, 15) is 4.39 Å². The predicted molar refractivity (Wildman–Crippen MR) is 136 cm³/mol. The fourth-order valence-corrected chi connectivity index (χ4v) is 4.46. The van der Waals surface area contributed by atoms with E-state index in [-0.39, 0.29) is 13.2 Å². The fraction of sp³-hybridized carbons (Fsp3) is 0.417. The van der Waals surface area contributed by atoms with Gasteiger partial charge in [-0.15, -0.1) is 0 Å². The summed E-state index contributed by atoms with van der Waals surface area (Å²) in [6.07, 6.45) is 4.19. The summed E-state index contributed by atoms with van der Waals surface area (Å²) >= 11 is 2.13. The Balaban J connectivity index is 0.00000272. The van der Waals surface area contributed by atoms with Gasteiger partial charge >= 0.3 is 0 Å². The van der Waals surface area contributed by atoms with Gasteiger partial charge in [-0.25, -0.2) is 9.37 Å². The third-order valence-corrected chi connectivity index (χ3v) is 6.33. The number of halogens is 2. The number of nitrogens with one attached hydrogen (secondary N) is 2. The van der Waals surface area contributed by atoms with Gasteiger partial charge in [-0.3, -0.25) is 0 Å². The Morgan fingerprint density at radius 1 is 1.03 bits per heavy atom. The van der Waals surface area contributed by atoms with Crippen molar-refractivity contribution in [3.8, 4) is 0 Å². The van der Waals surface area contributed by atoms with E-state index in [4.69, 9.17) is 9.97 Å². The SMILES string of the molecule is C.CN(C)c1nc(NC2CCC(NCc3ccc(I)cc3F)CC2)nc2ccccc12. The minimum atomic E-state index is -0.130. The Kier molecular flexibility index (Phi) is 8.05. The molecule has 3 aromatic rings. The molecule has 0 atom stereocenters. The molecule has 0 saturated heterocycles. The number of benzene rings is 2. The smallest absolute Gasteiger partial charge is 0.225 e. The highest BCUT2D eigenvalue weighted by atomic mass is 127. The maximum Gasteiger partial charge on any atom is 0.225 e. The first kappa shape index (κ1) is 23.7. The summed E-state index contributed by atoms with van der Waals surface area (Å²) in [6, 6.07) is 14.3. The molecule has 2 aromatic carbocycles. The summed E-state index contributed by atoms with van der Waals surface area (Å²) in [5.74, 6) is 1.49. The molecular formula is C24H31FIN5. The largest absolute Gasteiger partial charge is 0.362 e. The van der Waals surface area contributed by atoms with Crippen molar-refractivity contribution < 1.29 is 4.39 Å². The number of anilines is 2. The Hall–Kier alpha value is -2.00. The van der Waals surface area contributed by atoms with E-state index in [1.54, 1.807) is 6.07 Å². The van der Waals surface area contributed by atoms with Crippen molar-refractivity contribution in [3.05, 3.63) is 57.4 Å². The molecule has 5 nitrogen and oxygen atoms in total. The van der Waals surface area contributed by atoms with Gasteiger partial charge in [-0.05, 0) is 72.5 Å². The Bertz CT molecular complexity index is 1020. The van der Waals surface area contributed by atoms with E-state index >= 15 is 0 Å². The molecule has 0 radical (unpaired) electrons. The summed E-state index contributed by atoms with van der Waals surface area (Å²) in [7, 11) is 4.01. The first-order valence-electron chi connectivity index (χ1n) is 10.4. The van der Waals surface area contributed by atoms with Crippen molar-refractivity contribution >= 4 is 45.3 Å². The summed E-state index contributed by atoms with van der Waals surface area (Å²) in [5.41, 5.74) is 1.69. The second-order valence-electron chi connectivity index (χ2n) is 8.09. The molecule has 0 bridgehead atoms. The molecule has 0 aliphatic heterocycles. The van der Waals surface area contributed by atoms with Crippen LogP contribution in [0.4, 0.5) is 16.2 Å². The Labute approximate surface area is 198 Å². The molecule has 1 fully saturated rings. The second-order valence-corrected chi connectivity index (χ2v) is 9.34. The van der Waals surface area contributed by atoms with Gasteiger partial charge in [0.1, 0.15) is 11.6 Å². The Morgan fingerprint density at radius 2 is 1.74 bits per heavy atom. The second kappa shape index (κ2) is 10.5. The number of para-hydroxylation sites is 1. The minimum absolute atomic E-state index is 0. The van der Waals surface area contributed by atoms with Crippen LogP contribution in [0.1, 0.15) is 38.7 Å². The van der Waals surface area contributed by atoms with Crippen LogP contribution in [0, 0.1) is 9.39 Å². The molecular weight excluding hydrogens is 504 g/mol. The normalized spacial score (nSPS) is 18.5. The first-order valence-corrected chi connectivity index (χ1v) is 11.5. The van der Waals surface area contributed by atoms with E-state index in [0.29, 0.717) is 24.6 Å². The molecule has 0 amide bonds. The molecule has 0 unspecified atom stereocenters. The van der Waals surface area contributed by atoms with Crippen LogP contribution >= 0.6 is 22.6 Å². The predicted octanol–water partition coefficient (Wildman–Crippen LogP) is 5.59. The van der Waals surface area contributed by atoms with Gasteiger partial charge in [0.25, 0.3) is 0 Å². The fourth-order valence-electron chi connectivity index (χ4n) is 4.01. The van der Waals surface area contributed by atoms with E-state index < -0.39 is 0 Å². The molecule has 1 aliphatic carbocycles. The molecule has 166 valence electrons. The van der Waals surface area contributed by atoms with Crippen molar-refractivity contribution in [3.63, 3.8) is 0 Å². The first-order chi connectivity index (χ1) is 14.5. The average molecular weight is 535 g/mol. The molecule has 1 aromatic heterocycles. The molecule has 1 saturated carbocycles. The van der Waals surface area contributed by atoms with E-state index in [1.807, 2.05) is 49.3 Å². The van der Waals surface area contributed by atoms with Gasteiger partial charge in [0.15, 0.2) is 0 Å². The number of aromatic nitrogens is 2. The number of rotatable bonds is 6. The van der Waals surface area contributed by atoms with Gasteiger partial charge in [0, 0.05) is 47.2 Å². The lowest BCUT2D eigenvalue weighted by Crippen LogP contribution is -2.37. The molecule has 0 spiro atoms. The van der Waals surface area contributed by atoms with Crippen molar-refractivity contribution in [1.29, 1.82) is 0 Å². The highest BCUT2D eigenvalue weighted by molar-refractivity contribution is 14.1. The van der Waals surface area contributed by atoms with Crippen LogP contribution in [-0.2, 0) is 6.54 Å². The Morgan fingerprint density at radius 3 is 2.45 bits per heavy atom. The molecule has 4 rings (SSSR count). The lowest BCUT2D eigenvalue weighted by Gasteiger charge is -2.30. The number of fused-ring (bicyclic) bond motifs is 1. The third kappa shape index (κ3) is 5.83. The lowest BCUT2D eigenvalue weighted by atomic mass is 9.91. The van der Waals surface area contributed by atoms with Crippen LogP contribution in [0.3, 0.4) is 0 Å². The summed E-state index contributed by atoms with van der Waals surface area (Å²) in [6.45, 7) is 0.575. The average Bonchev–Trinajstić information content (AvgIpc) is 2.73. The van der Waals surface area contributed by atoms with Gasteiger partial charge in [-0.1, -0.05) is 25.6 Å². The lowest BCUT2D eigenvalue weighted by molar-refractivity contribution is 0.350. The van der Waals surface area contributed by atoms with Crippen molar-refractivity contribution in [2.75, 3.05) is 24.3 Å². The number of nitrogens with zero attached hydrogens (tertiary/aromatic N) is 3. The maximum atomic E-state index is 14.0. The van der Waals surface area contributed by atoms with Crippen LogP contribution in [0.2, 0.25) is 0 Å². The quantitative estimate of drug-likeness (QED) is 0.404. The maximum absolute atomic E-state index is 14.0. The van der Waals surface area contributed by atoms with E-state index in [2.05, 4.69) is 39.3 Å². The standard InChI is InChI=1S/C23H27FIN5.CH4/c1-30(2)22-19-5-3-4-6-21(19)28-23(29-22)27-18-11-9-17(10-12-18)26-14-15-7-8-16(25)13-20(15)24;/h3-8,13,17-18,26H,9-12,14H2,1-2H3,(H,27,28,29);1H4. The van der Waals surface area contributed by atoms with Crippen LogP contribution < -0.4 is 15.5 Å². The van der Waals surface area contributed by atoms with Gasteiger partial charge < -0.3 is 15.5 Å². The van der Waals surface area contributed by atoms with Gasteiger partial charge in [0.2, 0.25) is 5.95 Å². The molecule has 7 heteroatoms. The highest BCUT2D eigenvalue weighted by Crippen LogP contribution is 2.26. The minimum Gasteiger partial charge on any atom is -0.362 e. The van der Waals surface area contributed by atoms with Gasteiger partial charge in [0.05, 0.1) is 5.52 Å². The highest BCUT2D eigenvalue weighted by Gasteiger charge is 2.22. The summed E-state index contributed by atoms with van der Waals surface area (Å²) in [4.78, 5) is 11.5.